The Morgan fingerprint density at radius 2 is 2.40 bits per heavy atom. The maximum absolute atomic E-state index is 11.0. The lowest BCUT2D eigenvalue weighted by Crippen LogP contribution is -2.38. The average molecular weight is 206 g/mol. The Bertz CT molecular complexity index is 390. The van der Waals surface area contributed by atoms with Crippen LogP contribution in [-0.4, -0.2) is 19.1 Å². The van der Waals surface area contributed by atoms with Crippen LogP contribution >= 0.6 is 0 Å². The van der Waals surface area contributed by atoms with Crippen LogP contribution in [-0.2, 0) is 11.2 Å². The van der Waals surface area contributed by atoms with Gasteiger partial charge < -0.3 is 15.8 Å². The van der Waals surface area contributed by atoms with Gasteiger partial charge in [-0.2, -0.15) is 0 Å². The van der Waals surface area contributed by atoms with E-state index in [1.807, 2.05) is 18.2 Å². The van der Waals surface area contributed by atoms with E-state index in [4.69, 9.17) is 10.5 Å². The summed E-state index contributed by atoms with van der Waals surface area (Å²) in [5, 5.41) is 3.12. The number of rotatable bonds is 2. The van der Waals surface area contributed by atoms with Crippen LogP contribution in [0.5, 0.6) is 5.75 Å². The zero-order valence-corrected chi connectivity index (χ0v) is 8.62. The number of carbonyl (C=O) groups is 1. The molecule has 1 atom stereocenters. The first-order chi connectivity index (χ1) is 7.20. The van der Waals surface area contributed by atoms with Crippen LogP contribution in [0.4, 0.5) is 5.69 Å². The number of hydrogen-bond acceptors (Lipinski definition) is 3. The molecule has 0 saturated carbocycles. The predicted molar refractivity (Wildman–Crippen MR) is 57.9 cm³/mol. The second-order valence-electron chi connectivity index (χ2n) is 3.66. The van der Waals surface area contributed by atoms with Gasteiger partial charge in [-0.05, 0) is 24.5 Å². The number of benzene rings is 1. The Kier molecular flexibility index (Phi) is 2.49. The van der Waals surface area contributed by atoms with Crippen LogP contribution in [0, 0.1) is 0 Å². The summed E-state index contributed by atoms with van der Waals surface area (Å²) < 4.78 is 5.12. The predicted octanol–water partition coefficient (Wildman–Crippen LogP) is 0.907. The fourth-order valence-electron chi connectivity index (χ4n) is 1.81. The summed E-state index contributed by atoms with van der Waals surface area (Å²) in [5.74, 6) is 0.481. The van der Waals surface area contributed by atoms with Gasteiger partial charge in [0.15, 0.2) is 0 Å². The molecule has 80 valence electrons. The maximum atomic E-state index is 11.0. The lowest BCUT2D eigenvalue weighted by molar-refractivity contribution is -0.118. The van der Waals surface area contributed by atoms with Gasteiger partial charge in [-0.3, -0.25) is 4.79 Å². The molecule has 1 amide bonds. The number of methoxy groups -OCH3 is 1. The second-order valence-corrected chi connectivity index (χ2v) is 3.66. The van der Waals surface area contributed by atoms with Crippen molar-refractivity contribution in [3.8, 4) is 5.75 Å². The molecule has 0 saturated heterocycles. The Morgan fingerprint density at radius 3 is 3.07 bits per heavy atom. The van der Waals surface area contributed by atoms with Crippen LogP contribution < -0.4 is 15.8 Å². The quantitative estimate of drug-likeness (QED) is 0.755. The van der Waals surface area contributed by atoms with E-state index in [0.29, 0.717) is 0 Å². The number of carbonyl (C=O) groups excluding carboxylic acids is 1. The molecule has 1 heterocycles. The van der Waals surface area contributed by atoms with Crippen molar-refractivity contribution in [2.45, 2.75) is 18.9 Å². The van der Waals surface area contributed by atoms with Gasteiger partial charge in [0.05, 0.1) is 7.11 Å². The van der Waals surface area contributed by atoms with Gasteiger partial charge in [-0.15, -0.1) is 0 Å². The van der Waals surface area contributed by atoms with Gasteiger partial charge in [0, 0.05) is 11.8 Å². The van der Waals surface area contributed by atoms with Crippen molar-refractivity contribution in [2.24, 2.45) is 5.73 Å². The van der Waals surface area contributed by atoms with Gasteiger partial charge in [0.25, 0.3) is 0 Å². The normalized spacial score (nSPS) is 18.9. The van der Waals surface area contributed by atoms with E-state index < -0.39 is 0 Å². The summed E-state index contributed by atoms with van der Waals surface area (Å²) >= 11 is 0. The lowest BCUT2D eigenvalue weighted by atomic mass is 9.97. The number of hydrogen-bond donors (Lipinski definition) is 2. The molecule has 0 fully saturated rings. The molecular formula is C11H14N2O2. The molecule has 1 aromatic carbocycles. The third-order valence-electron chi connectivity index (χ3n) is 2.69. The monoisotopic (exact) mass is 206 g/mol. The van der Waals surface area contributed by atoms with Crippen molar-refractivity contribution in [2.75, 3.05) is 12.4 Å². The molecular weight excluding hydrogens is 192 g/mol. The number of nitrogens with one attached hydrogen (secondary N) is 1. The van der Waals surface area contributed by atoms with Gasteiger partial charge in [0.2, 0.25) is 5.91 Å². The molecule has 15 heavy (non-hydrogen) atoms. The summed E-state index contributed by atoms with van der Waals surface area (Å²) in [6, 6.07) is 5.57. The van der Waals surface area contributed by atoms with Crippen molar-refractivity contribution >= 4 is 11.6 Å². The highest BCUT2D eigenvalue weighted by atomic mass is 16.5. The molecule has 4 heteroatoms. The van der Waals surface area contributed by atoms with Crippen molar-refractivity contribution in [3.05, 3.63) is 23.8 Å². The summed E-state index contributed by atoms with van der Waals surface area (Å²) in [4.78, 5) is 11.0. The first-order valence-electron chi connectivity index (χ1n) is 4.93. The largest absolute Gasteiger partial charge is 0.497 e. The first kappa shape index (κ1) is 9.83. The van der Waals surface area contributed by atoms with Crippen LogP contribution in [0.3, 0.4) is 0 Å². The maximum Gasteiger partial charge on any atom is 0.239 e. The van der Waals surface area contributed by atoms with Gasteiger partial charge >= 0.3 is 0 Å². The van der Waals surface area contributed by atoms with E-state index >= 15 is 0 Å². The van der Waals surface area contributed by atoms with Crippen molar-refractivity contribution < 1.29 is 9.53 Å². The molecule has 1 aliphatic heterocycles. The summed E-state index contributed by atoms with van der Waals surface area (Å²) in [5.41, 5.74) is 7.41. The highest BCUT2D eigenvalue weighted by Gasteiger charge is 2.21. The molecule has 0 aliphatic carbocycles. The smallest absolute Gasteiger partial charge is 0.239 e. The average Bonchev–Trinajstić information content (AvgIpc) is 2.27. The molecule has 0 spiro atoms. The molecule has 3 N–H and O–H groups in total. The van der Waals surface area contributed by atoms with Gasteiger partial charge in [-0.25, -0.2) is 0 Å². The molecule has 0 bridgehead atoms. The minimum atomic E-state index is -0.302. The highest BCUT2D eigenvalue weighted by molar-refractivity contribution is 5.84. The number of amides is 1. The van der Waals surface area contributed by atoms with E-state index in [9.17, 15) is 4.79 Å². The van der Waals surface area contributed by atoms with Crippen LogP contribution in [0.2, 0.25) is 0 Å². The lowest BCUT2D eigenvalue weighted by Gasteiger charge is -2.25. The number of anilines is 1. The number of ether oxygens (including phenoxy) is 1. The standard InChI is InChI=1S/C11H14N2O2/c1-15-8-4-2-7-3-5-9(11(12)14)13-10(7)6-8/h2,4,6,9,13H,3,5H2,1H3,(H2,12,14). The number of primary amides is 1. The molecule has 4 nitrogen and oxygen atoms in total. The second kappa shape index (κ2) is 3.81. The Morgan fingerprint density at radius 1 is 1.60 bits per heavy atom. The molecule has 1 unspecified atom stereocenters. The summed E-state index contributed by atoms with van der Waals surface area (Å²) in [6.07, 6.45) is 1.63. The topological polar surface area (TPSA) is 64.3 Å². The SMILES string of the molecule is COc1ccc2c(c1)NC(C(N)=O)CC2. The fraction of sp³-hybridized carbons (Fsp3) is 0.364. The molecule has 0 radical (unpaired) electrons. The van der Waals surface area contributed by atoms with E-state index in [2.05, 4.69) is 5.32 Å². The third kappa shape index (κ3) is 1.88. The fourth-order valence-corrected chi connectivity index (χ4v) is 1.81. The van der Waals surface area contributed by atoms with Gasteiger partial charge in [0.1, 0.15) is 11.8 Å². The molecule has 2 rings (SSSR count). The molecule has 1 aliphatic rings. The van der Waals surface area contributed by atoms with Crippen molar-refractivity contribution in [1.82, 2.24) is 0 Å². The Hall–Kier alpha value is -1.71. The van der Waals surface area contributed by atoms with E-state index in [1.165, 1.54) is 5.56 Å². The van der Waals surface area contributed by atoms with Crippen LogP contribution in [0.25, 0.3) is 0 Å². The zero-order chi connectivity index (χ0) is 10.8. The summed E-state index contributed by atoms with van der Waals surface area (Å²) in [6.45, 7) is 0. The highest BCUT2D eigenvalue weighted by Crippen LogP contribution is 2.28. The minimum Gasteiger partial charge on any atom is -0.497 e. The van der Waals surface area contributed by atoms with Crippen molar-refractivity contribution in [3.63, 3.8) is 0 Å². The third-order valence-corrected chi connectivity index (χ3v) is 2.69. The van der Waals surface area contributed by atoms with Crippen LogP contribution in [0.15, 0.2) is 18.2 Å². The van der Waals surface area contributed by atoms with Crippen molar-refractivity contribution in [1.29, 1.82) is 0 Å². The Balaban J connectivity index is 2.27. The Labute approximate surface area is 88.4 Å². The summed E-state index contributed by atoms with van der Waals surface area (Å²) in [7, 11) is 1.62. The molecule has 0 aromatic heterocycles. The number of aryl methyl sites for hydroxylation is 1. The zero-order valence-electron chi connectivity index (χ0n) is 8.62. The number of fused-ring (bicyclic) bond motifs is 1. The minimum absolute atomic E-state index is 0.260. The van der Waals surface area contributed by atoms with E-state index in [1.54, 1.807) is 7.11 Å². The van der Waals surface area contributed by atoms with Gasteiger partial charge in [-0.1, -0.05) is 6.07 Å². The number of nitrogens with two attached hydrogens (primary N) is 1. The van der Waals surface area contributed by atoms with Crippen LogP contribution in [0.1, 0.15) is 12.0 Å². The van der Waals surface area contributed by atoms with E-state index in [-0.39, 0.29) is 11.9 Å². The van der Waals surface area contributed by atoms with E-state index in [0.717, 1.165) is 24.3 Å². The first-order valence-corrected chi connectivity index (χ1v) is 4.93. The molecule has 1 aromatic rings.